The van der Waals surface area contributed by atoms with Crippen molar-refractivity contribution in [2.75, 3.05) is 11.9 Å². The maximum absolute atomic E-state index is 13.2. The number of amides is 1. The van der Waals surface area contributed by atoms with Crippen molar-refractivity contribution in [3.63, 3.8) is 0 Å². The number of carbonyl (C=O) groups is 1. The van der Waals surface area contributed by atoms with Gasteiger partial charge in [-0.3, -0.25) is 4.79 Å². The zero-order valence-corrected chi connectivity index (χ0v) is 26.2. The van der Waals surface area contributed by atoms with Gasteiger partial charge >= 0.3 is 0 Å². The average molecular weight is 640 g/mol. The number of hydrogen-bond donors (Lipinski definition) is 2. The van der Waals surface area contributed by atoms with Crippen LogP contribution in [0.15, 0.2) is 79.3 Å². The Morgan fingerprint density at radius 3 is 2.48 bits per heavy atom. The second-order valence-corrected chi connectivity index (χ2v) is 12.0. The second-order valence-electron chi connectivity index (χ2n) is 10.4. The van der Waals surface area contributed by atoms with E-state index in [4.69, 9.17) is 52.3 Å². The van der Waals surface area contributed by atoms with E-state index >= 15 is 0 Å². The fourth-order valence-electron chi connectivity index (χ4n) is 4.43. The Labute approximate surface area is 266 Å². The SMILES string of the molecule is CC(C)(CN(Cc1cccc(Cl)c1Cl)C(=S)Nc1ccc(Cl)cc1)NC(=O)Cc1cncn1Cc1ccc(C#N)cc1. The summed E-state index contributed by atoms with van der Waals surface area (Å²) >= 11 is 24.6. The molecular weight excluding hydrogens is 611 g/mol. The first kappa shape index (κ1) is 31.3. The second kappa shape index (κ2) is 14.0. The van der Waals surface area contributed by atoms with E-state index in [1.54, 1.807) is 42.9 Å². The lowest BCUT2D eigenvalue weighted by molar-refractivity contribution is -0.122. The number of nitriles is 1. The van der Waals surface area contributed by atoms with Crippen LogP contribution in [0, 0.1) is 11.3 Å². The maximum Gasteiger partial charge on any atom is 0.226 e. The van der Waals surface area contributed by atoms with Gasteiger partial charge in [-0.25, -0.2) is 4.98 Å². The summed E-state index contributed by atoms with van der Waals surface area (Å²) in [6.45, 7) is 5.17. The summed E-state index contributed by atoms with van der Waals surface area (Å²) in [5, 5.41) is 17.4. The van der Waals surface area contributed by atoms with E-state index in [9.17, 15) is 4.79 Å². The van der Waals surface area contributed by atoms with E-state index in [2.05, 4.69) is 21.7 Å². The van der Waals surface area contributed by atoms with Gasteiger partial charge in [0, 0.05) is 42.2 Å². The molecule has 11 heteroatoms. The first-order valence-corrected chi connectivity index (χ1v) is 14.6. The summed E-state index contributed by atoms with van der Waals surface area (Å²) in [4.78, 5) is 19.4. The molecule has 0 unspecified atom stereocenters. The van der Waals surface area contributed by atoms with Crippen molar-refractivity contribution in [3.05, 3.63) is 117 Å². The quantitative estimate of drug-likeness (QED) is 0.180. The van der Waals surface area contributed by atoms with Crippen LogP contribution >= 0.6 is 47.0 Å². The van der Waals surface area contributed by atoms with Crippen molar-refractivity contribution in [1.82, 2.24) is 19.8 Å². The number of aromatic nitrogens is 2. The molecule has 4 rings (SSSR count). The molecule has 3 aromatic carbocycles. The summed E-state index contributed by atoms with van der Waals surface area (Å²) in [6, 6.07) is 22.2. The molecule has 0 aliphatic heterocycles. The zero-order valence-electron chi connectivity index (χ0n) is 23.1. The molecule has 216 valence electrons. The molecule has 7 nitrogen and oxygen atoms in total. The van der Waals surface area contributed by atoms with E-state index in [0.29, 0.717) is 45.4 Å². The van der Waals surface area contributed by atoms with Gasteiger partial charge in [-0.2, -0.15) is 5.26 Å². The molecule has 2 N–H and O–H groups in total. The third-order valence-electron chi connectivity index (χ3n) is 6.42. The van der Waals surface area contributed by atoms with Gasteiger partial charge in [-0.05, 0) is 79.7 Å². The summed E-state index contributed by atoms with van der Waals surface area (Å²) in [6.07, 6.45) is 3.53. The van der Waals surface area contributed by atoms with Crippen molar-refractivity contribution in [1.29, 1.82) is 5.26 Å². The Morgan fingerprint density at radius 2 is 1.79 bits per heavy atom. The highest BCUT2D eigenvalue weighted by atomic mass is 35.5. The third-order valence-corrected chi connectivity index (χ3v) is 7.89. The Kier molecular flexibility index (Phi) is 10.5. The van der Waals surface area contributed by atoms with Crippen molar-refractivity contribution in [3.8, 4) is 6.07 Å². The van der Waals surface area contributed by atoms with Crippen molar-refractivity contribution in [2.24, 2.45) is 0 Å². The summed E-state index contributed by atoms with van der Waals surface area (Å²) < 4.78 is 1.92. The lowest BCUT2D eigenvalue weighted by atomic mass is 10.0. The van der Waals surface area contributed by atoms with Crippen LogP contribution < -0.4 is 10.6 Å². The molecular formula is C31H29Cl3N6OS. The highest BCUT2D eigenvalue weighted by Crippen LogP contribution is 2.27. The van der Waals surface area contributed by atoms with Crippen LogP contribution in [-0.4, -0.2) is 37.6 Å². The maximum atomic E-state index is 13.2. The van der Waals surface area contributed by atoms with Crippen molar-refractivity contribution >= 4 is 63.7 Å². The third kappa shape index (κ3) is 8.70. The Hall–Kier alpha value is -3.61. The topological polar surface area (TPSA) is 86.0 Å². The average Bonchev–Trinajstić information content (AvgIpc) is 3.37. The number of nitrogens with zero attached hydrogens (tertiary/aromatic N) is 4. The minimum Gasteiger partial charge on any atom is -0.349 e. The molecule has 0 saturated heterocycles. The predicted molar refractivity (Wildman–Crippen MR) is 173 cm³/mol. The zero-order chi connectivity index (χ0) is 30.3. The normalized spacial score (nSPS) is 11.0. The van der Waals surface area contributed by atoms with Crippen molar-refractivity contribution < 1.29 is 4.79 Å². The van der Waals surface area contributed by atoms with E-state index in [-0.39, 0.29) is 12.3 Å². The molecule has 1 heterocycles. The minimum atomic E-state index is -0.675. The predicted octanol–water partition coefficient (Wildman–Crippen LogP) is 7.10. The summed E-state index contributed by atoms with van der Waals surface area (Å²) in [7, 11) is 0. The Morgan fingerprint density at radius 1 is 1.07 bits per heavy atom. The number of nitrogens with one attached hydrogen (secondary N) is 2. The first-order chi connectivity index (χ1) is 20.0. The number of carbonyl (C=O) groups excluding carboxylic acids is 1. The monoisotopic (exact) mass is 638 g/mol. The van der Waals surface area contributed by atoms with Gasteiger partial charge in [0.25, 0.3) is 0 Å². The minimum absolute atomic E-state index is 0.146. The van der Waals surface area contributed by atoms with Gasteiger partial charge in [-0.1, -0.05) is 59.1 Å². The lowest BCUT2D eigenvalue weighted by Crippen LogP contribution is -2.53. The standard InChI is InChI=1S/C31H29Cl3N6OS/c1-31(2,38-28(41)14-26-16-36-20-40(26)17-22-8-6-21(15-35)7-9-22)19-39(18-23-4-3-5-27(33)29(23)34)30(42)37-25-12-10-24(32)11-13-25/h3-13,16,20H,14,17-19H2,1-2H3,(H,37,42)(H,38,41). The van der Waals surface area contributed by atoms with Gasteiger partial charge in [0.15, 0.2) is 5.11 Å². The molecule has 1 aromatic heterocycles. The largest absolute Gasteiger partial charge is 0.349 e. The molecule has 42 heavy (non-hydrogen) atoms. The van der Waals surface area contributed by atoms with Crippen LogP contribution in [0.1, 0.15) is 36.2 Å². The fourth-order valence-corrected chi connectivity index (χ4v) is 5.19. The molecule has 0 fully saturated rings. The van der Waals surface area contributed by atoms with E-state index in [0.717, 1.165) is 22.5 Å². The highest BCUT2D eigenvalue weighted by Gasteiger charge is 2.27. The van der Waals surface area contributed by atoms with E-state index < -0.39 is 5.54 Å². The van der Waals surface area contributed by atoms with Crippen LogP contribution in [0.3, 0.4) is 0 Å². The highest BCUT2D eigenvalue weighted by molar-refractivity contribution is 7.80. The van der Waals surface area contributed by atoms with Gasteiger partial charge in [-0.15, -0.1) is 0 Å². The Bertz CT molecular complexity index is 1600. The lowest BCUT2D eigenvalue weighted by Gasteiger charge is -2.35. The molecule has 1 amide bonds. The van der Waals surface area contributed by atoms with Gasteiger partial charge in [0.05, 0.1) is 40.0 Å². The molecule has 0 bridgehead atoms. The van der Waals surface area contributed by atoms with Gasteiger partial charge in [0.2, 0.25) is 5.91 Å². The Balaban J connectivity index is 1.46. The number of anilines is 1. The molecule has 0 aliphatic carbocycles. The molecule has 0 radical (unpaired) electrons. The molecule has 0 spiro atoms. The fraction of sp³-hybridized carbons (Fsp3) is 0.226. The number of halogens is 3. The molecule has 4 aromatic rings. The summed E-state index contributed by atoms with van der Waals surface area (Å²) in [5.74, 6) is -0.154. The van der Waals surface area contributed by atoms with Gasteiger partial charge < -0.3 is 20.1 Å². The number of rotatable bonds is 10. The van der Waals surface area contributed by atoms with Crippen molar-refractivity contribution in [2.45, 2.75) is 38.9 Å². The number of imidazole rings is 1. The van der Waals surface area contributed by atoms with E-state index in [1.165, 1.54) is 0 Å². The molecule has 0 aliphatic rings. The van der Waals surface area contributed by atoms with Crippen LogP contribution in [0.2, 0.25) is 15.1 Å². The van der Waals surface area contributed by atoms with Crippen LogP contribution in [-0.2, 0) is 24.3 Å². The summed E-state index contributed by atoms with van der Waals surface area (Å²) in [5.41, 5.74) is 3.29. The smallest absolute Gasteiger partial charge is 0.226 e. The number of hydrogen-bond acceptors (Lipinski definition) is 4. The van der Waals surface area contributed by atoms with Crippen LogP contribution in [0.5, 0.6) is 0 Å². The van der Waals surface area contributed by atoms with Crippen LogP contribution in [0.4, 0.5) is 5.69 Å². The number of thiocarbonyl (C=S) groups is 1. The van der Waals surface area contributed by atoms with Gasteiger partial charge in [0.1, 0.15) is 0 Å². The first-order valence-electron chi connectivity index (χ1n) is 13.1. The molecule has 0 saturated carbocycles. The molecule has 0 atom stereocenters. The van der Waals surface area contributed by atoms with E-state index in [1.807, 2.05) is 59.7 Å². The van der Waals surface area contributed by atoms with Crippen LogP contribution in [0.25, 0.3) is 0 Å². The number of benzene rings is 3.